The Bertz CT molecular complexity index is 1470. The molecule has 9 heteroatoms. The predicted molar refractivity (Wildman–Crippen MR) is 126 cm³/mol. The number of H-pyrrole nitrogens is 1. The van der Waals surface area contributed by atoms with Crippen molar-refractivity contribution >= 4 is 23.5 Å². The monoisotopic (exact) mass is 456 g/mol. The summed E-state index contributed by atoms with van der Waals surface area (Å²) in [6, 6.07) is 17.9. The number of carbonyl (C=O) groups excluding carboxylic acids is 3. The Hall–Kier alpha value is -4.79. The van der Waals surface area contributed by atoms with Crippen LogP contribution < -0.4 is 16.6 Å². The van der Waals surface area contributed by atoms with E-state index in [2.05, 4.69) is 15.5 Å². The molecule has 0 fully saturated rings. The van der Waals surface area contributed by atoms with Crippen molar-refractivity contribution in [3.8, 4) is 22.4 Å². The molecule has 0 radical (unpaired) electrons. The number of nitrogens with one attached hydrogen (secondary N) is 2. The van der Waals surface area contributed by atoms with E-state index in [1.165, 1.54) is 13.8 Å². The molecule has 0 saturated carbocycles. The Kier molecular flexibility index (Phi) is 5.92. The number of nitrogens with two attached hydrogens (primary N) is 1. The molecule has 34 heavy (non-hydrogen) atoms. The number of Topliss-reactive ketones (excluding diaryl/α,β-unsaturated/α-hetero) is 1. The second-order valence-electron chi connectivity index (χ2n) is 7.50. The minimum atomic E-state index is -0.950. The minimum absolute atomic E-state index is 0.0281. The first-order valence-corrected chi connectivity index (χ1v) is 10.3. The fourth-order valence-electron chi connectivity index (χ4n) is 3.82. The highest BCUT2D eigenvalue weighted by Gasteiger charge is 2.29. The van der Waals surface area contributed by atoms with Gasteiger partial charge in [-0.15, -0.1) is 0 Å². The summed E-state index contributed by atoms with van der Waals surface area (Å²) in [5, 5.41) is 9.02. The molecule has 2 amide bonds. The van der Waals surface area contributed by atoms with Gasteiger partial charge in [0.2, 0.25) is 5.88 Å². The van der Waals surface area contributed by atoms with Gasteiger partial charge in [0.05, 0.1) is 11.3 Å². The third-order valence-corrected chi connectivity index (χ3v) is 5.23. The van der Waals surface area contributed by atoms with Crippen LogP contribution in [0.4, 0.5) is 5.88 Å². The second kappa shape index (κ2) is 8.99. The maximum atomic E-state index is 13.4. The van der Waals surface area contributed by atoms with Gasteiger partial charge in [0, 0.05) is 11.1 Å². The molecule has 0 atom stereocenters. The van der Waals surface area contributed by atoms with Crippen LogP contribution in [0.25, 0.3) is 22.4 Å². The van der Waals surface area contributed by atoms with Crippen LogP contribution in [0.2, 0.25) is 0 Å². The summed E-state index contributed by atoms with van der Waals surface area (Å²) >= 11 is 0. The van der Waals surface area contributed by atoms with E-state index in [0.29, 0.717) is 22.4 Å². The van der Waals surface area contributed by atoms with E-state index in [1.807, 2.05) is 18.2 Å². The molecule has 0 aliphatic carbocycles. The zero-order chi connectivity index (χ0) is 24.4. The standard InChI is InChI=1S/C25H20N4O5/c1-13(30)17-14(2)34-25(19(17)22(26)31)27-23(32)20-18(15-9-5-3-6-10-15)21(28-29-24(20)33)16-11-7-4-8-12-16/h3-12H,1-2H3,(H2,26,31)(H,27,32)(H,29,33). The maximum absolute atomic E-state index is 13.4. The van der Waals surface area contributed by atoms with E-state index in [4.69, 9.17) is 10.2 Å². The van der Waals surface area contributed by atoms with Crippen molar-refractivity contribution in [2.45, 2.75) is 13.8 Å². The molecule has 4 N–H and O–H groups in total. The molecule has 0 spiro atoms. The highest BCUT2D eigenvalue weighted by atomic mass is 16.4. The number of nitrogens with zero attached hydrogens (tertiary/aromatic N) is 1. The zero-order valence-electron chi connectivity index (χ0n) is 18.3. The van der Waals surface area contributed by atoms with E-state index in [0.717, 1.165) is 0 Å². The molecule has 0 saturated heterocycles. The van der Waals surface area contributed by atoms with Gasteiger partial charge in [-0.1, -0.05) is 60.7 Å². The summed E-state index contributed by atoms with van der Waals surface area (Å²) in [5.74, 6) is -2.45. The number of rotatable bonds is 6. The summed E-state index contributed by atoms with van der Waals surface area (Å²) in [6.07, 6.45) is 0. The molecule has 2 heterocycles. The minimum Gasteiger partial charge on any atom is -0.444 e. The van der Waals surface area contributed by atoms with E-state index in [1.54, 1.807) is 42.5 Å². The summed E-state index contributed by atoms with van der Waals surface area (Å²) in [7, 11) is 0. The second-order valence-corrected chi connectivity index (χ2v) is 7.50. The van der Waals surface area contributed by atoms with Gasteiger partial charge in [-0.25, -0.2) is 5.10 Å². The number of furan rings is 1. The number of amides is 2. The zero-order valence-corrected chi connectivity index (χ0v) is 18.3. The topological polar surface area (TPSA) is 148 Å². The van der Waals surface area contributed by atoms with Crippen molar-refractivity contribution in [3.63, 3.8) is 0 Å². The number of hydrogen-bond acceptors (Lipinski definition) is 6. The lowest BCUT2D eigenvalue weighted by Crippen LogP contribution is -2.27. The van der Waals surface area contributed by atoms with Crippen LogP contribution in [0.3, 0.4) is 0 Å². The van der Waals surface area contributed by atoms with Gasteiger partial charge >= 0.3 is 0 Å². The molecule has 9 nitrogen and oxygen atoms in total. The first-order valence-electron chi connectivity index (χ1n) is 10.3. The summed E-state index contributed by atoms with van der Waals surface area (Å²) < 4.78 is 5.48. The van der Waals surface area contributed by atoms with E-state index >= 15 is 0 Å². The van der Waals surface area contributed by atoms with Crippen molar-refractivity contribution in [3.05, 3.63) is 93.5 Å². The Morgan fingerprint density at radius 3 is 2.06 bits per heavy atom. The van der Waals surface area contributed by atoms with Crippen LogP contribution in [-0.2, 0) is 0 Å². The largest absolute Gasteiger partial charge is 0.444 e. The van der Waals surface area contributed by atoms with Crippen LogP contribution in [0.1, 0.15) is 43.8 Å². The number of ketones is 1. The van der Waals surface area contributed by atoms with E-state index in [9.17, 15) is 19.2 Å². The lowest BCUT2D eigenvalue weighted by molar-refractivity contribution is 0.0974. The van der Waals surface area contributed by atoms with Gasteiger partial charge in [0.15, 0.2) is 5.78 Å². The number of primary amides is 1. The fourth-order valence-corrected chi connectivity index (χ4v) is 3.82. The Balaban J connectivity index is 1.92. The average molecular weight is 456 g/mol. The van der Waals surface area contributed by atoms with Gasteiger partial charge in [0.25, 0.3) is 17.4 Å². The number of aryl methyl sites for hydroxylation is 1. The normalized spacial score (nSPS) is 10.6. The van der Waals surface area contributed by atoms with Crippen LogP contribution in [0.5, 0.6) is 0 Å². The molecule has 0 aliphatic rings. The Labute approximate surface area is 193 Å². The maximum Gasteiger partial charge on any atom is 0.277 e. The predicted octanol–water partition coefficient (Wildman–Crippen LogP) is 3.56. The lowest BCUT2D eigenvalue weighted by atomic mass is 9.95. The van der Waals surface area contributed by atoms with Gasteiger partial charge in [-0.2, -0.15) is 5.10 Å². The van der Waals surface area contributed by atoms with Crippen molar-refractivity contribution in [1.29, 1.82) is 0 Å². The SMILES string of the molecule is CC(=O)c1c(C)oc(NC(=O)c2c(-c3ccccc3)c(-c3ccccc3)n[nH]c2=O)c1C(N)=O. The third kappa shape index (κ3) is 4.02. The summed E-state index contributed by atoms with van der Waals surface area (Å²) in [6.45, 7) is 2.73. The fraction of sp³-hybridized carbons (Fsp3) is 0.0800. The number of benzene rings is 2. The number of anilines is 1. The molecule has 0 unspecified atom stereocenters. The smallest absolute Gasteiger partial charge is 0.277 e. The quantitative estimate of drug-likeness (QED) is 0.378. The van der Waals surface area contributed by atoms with Gasteiger partial charge in [-0.05, 0) is 19.4 Å². The summed E-state index contributed by atoms with van der Waals surface area (Å²) in [4.78, 5) is 50.4. The van der Waals surface area contributed by atoms with Crippen LogP contribution in [0, 0.1) is 6.92 Å². The molecule has 4 aromatic rings. The van der Waals surface area contributed by atoms with Crippen molar-refractivity contribution in [2.24, 2.45) is 5.73 Å². The highest BCUT2D eigenvalue weighted by molar-refractivity contribution is 6.15. The first kappa shape index (κ1) is 22.4. The van der Waals surface area contributed by atoms with Crippen molar-refractivity contribution in [2.75, 3.05) is 5.32 Å². The number of hydrogen-bond donors (Lipinski definition) is 3. The van der Waals surface area contributed by atoms with Gasteiger partial charge < -0.3 is 10.2 Å². The summed E-state index contributed by atoms with van der Waals surface area (Å²) in [5.41, 5.74) is 6.12. The lowest BCUT2D eigenvalue weighted by Gasteiger charge is -2.13. The molecular weight excluding hydrogens is 436 g/mol. The van der Waals surface area contributed by atoms with Crippen molar-refractivity contribution < 1.29 is 18.8 Å². The Morgan fingerprint density at radius 2 is 1.50 bits per heavy atom. The average Bonchev–Trinajstić information content (AvgIpc) is 3.15. The first-order chi connectivity index (χ1) is 16.3. The molecule has 2 aromatic carbocycles. The number of aromatic amines is 1. The molecule has 0 aliphatic heterocycles. The molecular formula is C25H20N4O5. The number of aromatic nitrogens is 2. The van der Waals surface area contributed by atoms with E-state index in [-0.39, 0.29) is 28.3 Å². The van der Waals surface area contributed by atoms with Crippen LogP contribution in [0.15, 0.2) is 69.9 Å². The molecule has 2 aromatic heterocycles. The molecule has 170 valence electrons. The molecule has 0 bridgehead atoms. The Morgan fingerprint density at radius 1 is 0.912 bits per heavy atom. The van der Waals surface area contributed by atoms with Gasteiger partial charge in [0.1, 0.15) is 16.9 Å². The molecule has 4 rings (SSSR count). The van der Waals surface area contributed by atoms with Gasteiger partial charge in [-0.3, -0.25) is 24.5 Å². The number of carbonyl (C=O) groups is 3. The van der Waals surface area contributed by atoms with Crippen molar-refractivity contribution in [1.82, 2.24) is 10.2 Å². The van der Waals surface area contributed by atoms with Crippen LogP contribution in [-0.4, -0.2) is 27.8 Å². The van der Waals surface area contributed by atoms with E-state index < -0.39 is 23.2 Å². The van der Waals surface area contributed by atoms with Crippen LogP contribution >= 0.6 is 0 Å². The third-order valence-electron chi connectivity index (χ3n) is 5.23. The highest BCUT2D eigenvalue weighted by Crippen LogP contribution is 2.33.